The third-order valence-electron chi connectivity index (χ3n) is 4.58. The molecule has 6 nitrogen and oxygen atoms in total. The number of hydrogen-bond donors (Lipinski definition) is 1. The molecule has 142 valence electrons. The standard InChI is InChI=1S/C22H22N4O2/c1-15-8-7-9-16(2)19(15)25-21(27)20(17-10-5-4-6-11-17)26(3)22(28)18-14-23-12-13-24-18/h4-14,20H,1-3H3,(H,25,27)/t20-/m0/s1. The van der Waals surface area contributed by atoms with Crippen LogP contribution in [0.2, 0.25) is 0 Å². The van der Waals surface area contributed by atoms with Gasteiger partial charge in [0.25, 0.3) is 11.8 Å². The van der Waals surface area contributed by atoms with Gasteiger partial charge in [-0.1, -0.05) is 48.5 Å². The molecule has 6 heteroatoms. The minimum Gasteiger partial charge on any atom is -0.324 e. The first-order chi connectivity index (χ1) is 13.5. The zero-order valence-electron chi connectivity index (χ0n) is 16.1. The monoisotopic (exact) mass is 374 g/mol. The number of para-hydroxylation sites is 1. The van der Waals surface area contributed by atoms with E-state index in [1.807, 2.05) is 62.4 Å². The Bertz CT molecular complexity index is 954. The van der Waals surface area contributed by atoms with Gasteiger partial charge in [0.2, 0.25) is 0 Å². The number of likely N-dealkylation sites (N-methyl/N-ethyl adjacent to an activating group) is 1. The van der Waals surface area contributed by atoms with Crippen LogP contribution in [0.4, 0.5) is 5.69 Å². The molecule has 0 aliphatic carbocycles. The molecule has 2 aromatic carbocycles. The Morgan fingerprint density at radius 3 is 2.25 bits per heavy atom. The summed E-state index contributed by atoms with van der Waals surface area (Å²) in [4.78, 5) is 35.5. The van der Waals surface area contributed by atoms with E-state index in [0.29, 0.717) is 5.56 Å². The first kappa shape index (κ1) is 19.2. The van der Waals surface area contributed by atoms with Crippen molar-refractivity contribution in [3.8, 4) is 0 Å². The van der Waals surface area contributed by atoms with Crippen molar-refractivity contribution in [1.29, 1.82) is 0 Å². The highest BCUT2D eigenvalue weighted by Crippen LogP contribution is 2.26. The van der Waals surface area contributed by atoms with Crippen LogP contribution in [-0.4, -0.2) is 33.7 Å². The van der Waals surface area contributed by atoms with E-state index in [4.69, 9.17) is 0 Å². The van der Waals surface area contributed by atoms with Crippen LogP contribution in [0, 0.1) is 13.8 Å². The first-order valence-corrected chi connectivity index (χ1v) is 8.94. The summed E-state index contributed by atoms with van der Waals surface area (Å²) in [5.41, 5.74) is 3.58. The van der Waals surface area contributed by atoms with E-state index in [-0.39, 0.29) is 17.5 Å². The van der Waals surface area contributed by atoms with Crippen molar-refractivity contribution in [2.24, 2.45) is 0 Å². The van der Waals surface area contributed by atoms with Crippen LogP contribution >= 0.6 is 0 Å². The molecule has 0 bridgehead atoms. The maximum Gasteiger partial charge on any atom is 0.274 e. The van der Waals surface area contributed by atoms with Crippen LogP contribution < -0.4 is 5.32 Å². The van der Waals surface area contributed by atoms with Crippen LogP contribution in [-0.2, 0) is 4.79 Å². The van der Waals surface area contributed by atoms with Crippen molar-refractivity contribution in [3.63, 3.8) is 0 Å². The third kappa shape index (κ3) is 4.06. The highest BCUT2D eigenvalue weighted by atomic mass is 16.2. The van der Waals surface area contributed by atoms with Crippen molar-refractivity contribution in [2.45, 2.75) is 19.9 Å². The maximum atomic E-state index is 13.3. The molecule has 3 aromatic rings. The molecular weight excluding hydrogens is 352 g/mol. The summed E-state index contributed by atoms with van der Waals surface area (Å²) in [6.07, 6.45) is 4.35. The van der Waals surface area contributed by atoms with Gasteiger partial charge in [0.05, 0.1) is 6.20 Å². The van der Waals surface area contributed by atoms with Crippen LogP contribution in [0.1, 0.15) is 33.2 Å². The van der Waals surface area contributed by atoms with Crippen LogP contribution in [0.25, 0.3) is 0 Å². The predicted octanol–water partition coefficient (Wildman–Crippen LogP) is 3.55. The average molecular weight is 374 g/mol. The van der Waals surface area contributed by atoms with E-state index in [2.05, 4.69) is 15.3 Å². The molecule has 0 saturated heterocycles. The molecule has 0 spiro atoms. The summed E-state index contributed by atoms with van der Waals surface area (Å²) in [7, 11) is 1.60. The summed E-state index contributed by atoms with van der Waals surface area (Å²) in [6, 6.07) is 14.2. The van der Waals surface area contributed by atoms with Gasteiger partial charge in [-0.2, -0.15) is 0 Å². The minimum atomic E-state index is -0.810. The lowest BCUT2D eigenvalue weighted by molar-refractivity contribution is -0.120. The van der Waals surface area contributed by atoms with E-state index in [9.17, 15) is 9.59 Å². The number of nitrogens with zero attached hydrogens (tertiary/aromatic N) is 3. The van der Waals surface area contributed by atoms with Gasteiger partial charge < -0.3 is 10.2 Å². The molecule has 0 fully saturated rings. The Kier molecular flexibility index (Phi) is 5.79. The Morgan fingerprint density at radius 1 is 0.964 bits per heavy atom. The van der Waals surface area contributed by atoms with Gasteiger partial charge in [-0.15, -0.1) is 0 Å². The molecule has 0 aliphatic heterocycles. The zero-order valence-corrected chi connectivity index (χ0v) is 16.1. The lowest BCUT2D eigenvalue weighted by Gasteiger charge is -2.28. The molecular formula is C22H22N4O2. The fraction of sp³-hybridized carbons (Fsp3) is 0.182. The Hall–Kier alpha value is -3.54. The van der Waals surface area contributed by atoms with Crippen molar-refractivity contribution < 1.29 is 9.59 Å². The number of aryl methyl sites for hydroxylation is 2. The second-order valence-electron chi connectivity index (χ2n) is 6.58. The van der Waals surface area contributed by atoms with E-state index in [1.54, 1.807) is 7.05 Å². The number of rotatable bonds is 5. The topological polar surface area (TPSA) is 75.2 Å². The number of benzene rings is 2. The SMILES string of the molecule is Cc1cccc(C)c1NC(=O)[C@H](c1ccccc1)N(C)C(=O)c1cnccn1. The Labute approximate surface area is 164 Å². The second kappa shape index (κ2) is 8.43. The molecule has 0 saturated carbocycles. The summed E-state index contributed by atoms with van der Waals surface area (Å²) in [5.74, 6) is -0.665. The molecule has 28 heavy (non-hydrogen) atoms. The number of hydrogen-bond acceptors (Lipinski definition) is 4. The van der Waals surface area contributed by atoms with Crippen molar-refractivity contribution >= 4 is 17.5 Å². The van der Waals surface area contributed by atoms with E-state index in [0.717, 1.165) is 16.8 Å². The smallest absolute Gasteiger partial charge is 0.274 e. The largest absolute Gasteiger partial charge is 0.324 e. The summed E-state index contributed by atoms with van der Waals surface area (Å²) >= 11 is 0. The van der Waals surface area contributed by atoms with Gasteiger partial charge in [0, 0.05) is 25.1 Å². The van der Waals surface area contributed by atoms with Crippen molar-refractivity contribution in [3.05, 3.63) is 89.5 Å². The van der Waals surface area contributed by atoms with E-state index < -0.39 is 6.04 Å². The van der Waals surface area contributed by atoms with E-state index in [1.165, 1.54) is 23.5 Å². The maximum absolute atomic E-state index is 13.3. The number of carbonyl (C=O) groups excluding carboxylic acids is 2. The quantitative estimate of drug-likeness (QED) is 0.741. The van der Waals surface area contributed by atoms with Crippen molar-refractivity contribution in [1.82, 2.24) is 14.9 Å². The highest BCUT2D eigenvalue weighted by molar-refractivity contribution is 6.01. The second-order valence-corrected chi connectivity index (χ2v) is 6.58. The molecule has 1 aromatic heterocycles. The molecule has 1 atom stereocenters. The molecule has 0 aliphatic rings. The molecule has 1 N–H and O–H groups in total. The summed E-state index contributed by atoms with van der Waals surface area (Å²) < 4.78 is 0. The van der Waals surface area contributed by atoms with Gasteiger partial charge in [0.15, 0.2) is 0 Å². The number of aromatic nitrogens is 2. The van der Waals surface area contributed by atoms with Crippen LogP contribution in [0.3, 0.4) is 0 Å². The van der Waals surface area contributed by atoms with Gasteiger partial charge in [-0.05, 0) is 30.5 Å². The number of carbonyl (C=O) groups is 2. The Morgan fingerprint density at radius 2 is 1.64 bits per heavy atom. The average Bonchev–Trinajstić information content (AvgIpc) is 2.72. The fourth-order valence-corrected chi connectivity index (χ4v) is 3.10. The summed E-state index contributed by atoms with van der Waals surface area (Å²) in [6.45, 7) is 3.88. The van der Waals surface area contributed by atoms with Gasteiger partial charge in [-0.3, -0.25) is 14.6 Å². The number of amides is 2. The zero-order chi connectivity index (χ0) is 20.1. The van der Waals surface area contributed by atoms with E-state index >= 15 is 0 Å². The summed E-state index contributed by atoms with van der Waals surface area (Å²) in [5, 5.41) is 3.00. The minimum absolute atomic E-state index is 0.186. The fourth-order valence-electron chi connectivity index (χ4n) is 3.10. The van der Waals surface area contributed by atoms with Gasteiger partial charge >= 0.3 is 0 Å². The first-order valence-electron chi connectivity index (χ1n) is 8.94. The predicted molar refractivity (Wildman–Crippen MR) is 108 cm³/mol. The van der Waals surface area contributed by atoms with Gasteiger partial charge in [-0.25, -0.2) is 4.98 Å². The molecule has 0 unspecified atom stereocenters. The normalized spacial score (nSPS) is 11.5. The Balaban J connectivity index is 1.95. The van der Waals surface area contributed by atoms with Crippen molar-refractivity contribution in [2.75, 3.05) is 12.4 Å². The molecule has 3 rings (SSSR count). The van der Waals surface area contributed by atoms with Crippen LogP contribution in [0.15, 0.2) is 67.1 Å². The highest BCUT2D eigenvalue weighted by Gasteiger charge is 2.30. The number of nitrogens with one attached hydrogen (secondary N) is 1. The van der Waals surface area contributed by atoms with Crippen LogP contribution in [0.5, 0.6) is 0 Å². The van der Waals surface area contributed by atoms with Gasteiger partial charge in [0.1, 0.15) is 11.7 Å². The lowest BCUT2D eigenvalue weighted by Crippen LogP contribution is -2.39. The number of anilines is 1. The molecule has 0 radical (unpaired) electrons. The third-order valence-corrected chi connectivity index (χ3v) is 4.58. The molecule has 1 heterocycles. The molecule has 2 amide bonds. The lowest BCUT2D eigenvalue weighted by atomic mass is 10.0.